The van der Waals surface area contributed by atoms with E-state index in [0.29, 0.717) is 6.54 Å². The predicted molar refractivity (Wildman–Crippen MR) is 66.5 cm³/mol. The van der Waals surface area contributed by atoms with Crippen molar-refractivity contribution in [1.29, 1.82) is 0 Å². The summed E-state index contributed by atoms with van der Waals surface area (Å²) in [7, 11) is 0. The molecule has 84 valence electrons. The first kappa shape index (κ1) is 11.5. The molecule has 2 rings (SSSR count). The third-order valence-electron chi connectivity index (χ3n) is 2.02. The number of pyridine rings is 1. The van der Waals surface area contributed by atoms with Gasteiger partial charge in [0.15, 0.2) is 4.34 Å². The molecule has 0 aromatic carbocycles. The molecule has 0 radical (unpaired) electrons. The minimum Gasteiger partial charge on any atom is -0.329 e. The fourth-order valence-electron chi connectivity index (χ4n) is 1.27. The van der Waals surface area contributed by atoms with Crippen molar-refractivity contribution >= 4 is 23.1 Å². The van der Waals surface area contributed by atoms with E-state index in [0.717, 1.165) is 14.9 Å². The highest BCUT2D eigenvalue weighted by molar-refractivity contribution is 8.01. The molecular formula is C10H12N4S2. The van der Waals surface area contributed by atoms with Crippen molar-refractivity contribution in [2.24, 2.45) is 5.73 Å². The fraction of sp³-hybridized carbons (Fsp3) is 0.300. The van der Waals surface area contributed by atoms with Gasteiger partial charge in [-0.15, -0.1) is 10.2 Å². The molecule has 2 N–H and O–H groups in total. The molecule has 6 heteroatoms. The number of nitrogens with two attached hydrogens (primary N) is 1. The van der Waals surface area contributed by atoms with Crippen LogP contribution in [0.3, 0.4) is 0 Å². The van der Waals surface area contributed by atoms with Gasteiger partial charge in [-0.05, 0) is 18.6 Å². The Hall–Kier alpha value is -0.980. The molecule has 0 saturated carbocycles. The van der Waals surface area contributed by atoms with E-state index in [1.54, 1.807) is 29.3 Å². The van der Waals surface area contributed by atoms with E-state index >= 15 is 0 Å². The molecule has 1 unspecified atom stereocenters. The SMILES string of the molecule is Cc1nnc(SC(CN)c2cccnc2)s1. The zero-order valence-electron chi connectivity index (χ0n) is 8.83. The molecule has 2 aromatic heterocycles. The van der Waals surface area contributed by atoms with Gasteiger partial charge in [-0.1, -0.05) is 29.2 Å². The highest BCUT2D eigenvalue weighted by Crippen LogP contribution is 2.35. The topological polar surface area (TPSA) is 64.7 Å². The lowest BCUT2D eigenvalue weighted by Gasteiger charge is -2.11. The van der Waals surface area contributed by atoms with E-state index in [9.17, 15) is 0 Å². The van der Waals surface area contributed by atoms with Crippen molar-refractivity contribution in [2.75, 3.05) is 6.54 Å². The zero-order chi connectivity index (χ0) is 11.4. The van der Waals surface area contributed by atoms with Gasteiger partial charge in [-0.25, -0.2) is 0 Å². The van der Waals surface area contributed by atoms with Gasteiger partial charge in [-0.2, -0.15) is 0 Å². The van der Waals surface area contributed by atoms with Gasteiger partial charge >= 0.3 is 0 Å². The highest BCUT2D eigenvalue weighted by atomic mass is 32.2. The van der Waals surface area contributed by atoms with Crippen molar-refractivity contribution in [2.45, 2.75) is 16.5 Å². The van der Waals surface area contributed by atoms with Gasteiger partial charge in [0, 0.05) is 18.9 Å². The summed E-state index contributed by atoms with van der Waals surface area (Å²) in [5.74, 6) is 0. The maximum Gasteiger partial charge on any atom is 0.174 e. The van der Waals surface area contributed by atoms with Gasteiger partial charge in [0.1, 0.15) is 5.01 Å². The number of rotatable bonds is 4. The fourth-order valence-corrected chi connectivity index (χ4v) is 3.29. The van der Waals surface area contributed by atoms with Crippen LogP contribution in [0, 0.1) is 6.92 Å². The number of nitrogens with zero attached hydrogens (tertiary/aromatic N) is 3. The molecule has 16 heavy (non-hydrogen) atoms. The number of hydrogen-bond donors (Lipinski definition) is 1. The largest absolute Gasteiger partial charge is 0.329 e. The Morgan fingerprint density at radius 1 is 1.50 bits per heavy atom. The Labute approximate surface area is 102 Å². The van der Waals surface area contributed by atoms with Crippen LogP contribution < -0.4 is 5.73 Å². The van der Waals surface area contributed by atoms with Gasteiger partial charge in [0.25, 0.3) is 0 Å². The second-order valence-corrected chi connectivity index (χ2v) is 5.85. The molecule has 0 amide bonds. The molecule has 0 aliphatic carbocycles. The number of aryl methyl sites for hydroxylation is 1. The van der Waals surface area contributed by atoms with Crippen LogP contribution in [0.1, 0.15) is 15.8 Å². The summed E-state index contributed by atoms with van der Waals surface area (Å²) in [5.41, 5.74) is 6.89. The molecule has 4 nitrogen and oxygen atoms in total. The lowest BCUT2D eigenvalue weighted by atomic mass is 10.2. The van der Waals surface area contributed by atoms with Crippen LogP contribution in [0.5, 0.6) is 0 Å². The van der Waals surface area contributed by atoms with E-state index in [4.69, 9.17) is 5.73 Å². The standard InChI is InChI=1S/C10H12N4S2/c1-7-13-14-10(15-7)16-9(5-11)8-3-2-4-12-6-8/h2-4,6,9H,5,11H2,1H3. The van der Waals surface area contributed by atoms with Gasteiger partial charge in [-0.3, -0.25) is 4.98 Å². The van der Waals surface area contributed by atoms with Crippen molar-refractivity contribution in [3.05, 3.63) is 35.1 Å². The summed E-state index contributed by atoms with van der Waals surface area (Å²) in [6.45, 7) is 2.51. The first-order valence-corrected chi connectivity index (χ1v) is 6.56. The first-order chi connectivity index (χ1) is 7.79. The number of hydrogen-bond acceptors (Lipinski definition) is 6. The summed E-state index contributed by atoms with van der Waals surface area (Å²) >= 11 is 3.23. The van der Waals surface area contributed by atoms with Crippen LogP contribution in [0.15, 0.2) is 28.9 Å². The summed E-state index contributed by atoms with van der Waals surface area (Å²) in [5, 5.41) is 9.25. The molecule has 2 heterocycles. The van der Waals surface area contributed by atoms with E-state index in [-0.39, 0.29) is 5.25 Å². The first-order valence-electron chi connectivity index (χ1n) is 4.86. The van der Waals surface area contributed by atoms with E-state index in [1.165, 1.54) is 0 Å². The third-order valence-corrected chi connectivity index (χ3v) is 4.23. The van der Waals surface area contributed by atoms with Gasteiger partial charge in [0.05, 0.1) is 5.25 Å². The Bertz CT molecular complexity index is 443. The average molecular weight is 252 g/mol. The van der Waals surface area contributed by atoms with Crippen LogP contribution >= 0.6 is 23.1 Å². The Balaban J connectivity index is 2.12. The van der Waals surface area contributed by atoms with Gasteiger partial charge < -0.3 is 5.73 Å². The number of aromatic nitrogens is 3. The lowest BCUT2D eigenvalue weighted by molar-refractivity contribution is 0.921. The van der Waals surface area contributed by atoms with E-state index < -0.39 is 0 Å². The van der Waals surface area contributed by atoms with Crippen molar-refractivity contribution < 1.29 is 0 Å². The summed E-state index contributed by atoms with van der Waals surface area (Å²) in [6, 6.07) is 3.95. The molecule has 0 aliphatic rings. The van der Waals surface area contributed by atoms with Crippen molar-refractivity contribution in [1.82, 2.24) is 15.2 Å². The molecule has 2 aromatic rings. The molecule has 0 saturated heterocycles. The minimum atomic E-state index is 0.195. The lowest BCUT2D eigenvalue weighted by Crippen LogP contribution is -2.09. The molecule has 0 aliphatic heterocycles. The second kappa shape index (κ2) is 5.38. The van der Waals surface area contributed by atoms with Gasteiger partial charge in [0.2, 0.25) is 0 Å². The summed E-state index contributed by atoms with van der Waals surface area (Å²) in [6.07, 6.45) is 3.61. The zero-order valence-corrected chi connectivity index (χ0v) is 10.5. The highest BCUT2D eigenvalue weighted by Gasteiger charge is 2.13. The Morgan fingerprint density at radius 2 is 2.38 bits per heavy atom. The summed E-state index contributed by atoms with van der Waals surface area (Å²) < 4.78 is 0.955. The van der Waals surface area contributed by atoms with Crippen LogP contribution in [-0.2, 0) is 0 Å². The van der Waals surface area contributed by atoms with E-state index in [2.05, 4.69) is 15.2 Å². The molecule has 1 atom stereocenters. The van der Waals surface area contributed by atoms with Crippen LogP contribution in [-0.4, -0.2) is 21.7 Å². The predicted octanol–water partition coefficient (Wildman–Crippen LogP) is 2.03. The van der Waals surface area contributed by atoms with E-state index in [1.807, 2.05) is 25.3 Å². The molecular weight excluding hydrogens is 240 g/mol. The average Bonchev–Trinajstić information content (AvgIpc) is 2.73. The maximum atomic E-state index is 5.77. The molecule has 0 spiro atoms. The molecule has 0 fully saturated rings. The maximum absolute atomic E-state index is 5.77. The monoisotopic (exact) mass is 252 g/mol. The van der Waals surface area contributed by atoms with Crippen molar-refractivity contribution in [3.63, 3.8) is 0 Å². The van der Waals surface area contributed by atoms with Crippen LogP contribution in [0.25, 0.3) is 0 Å². The van der Waals surface area contributed by atoms with Crippen LogP contribution in [0.2, 0.25) is 0 Å². The third kappa shape index (κ3) is 2.78. The Kier molecular flexibility index (Phi) is 3.87. The second-order valence-electron chi connectivity index (χ2n) is 3.22. The smallest absolute Gasteiger partial charge is 0.174 e. The Morgan fingerprint density at radius 3 is 2.94 bits per heavy atom. The molecule has 0 bridgehead atoms. The quantitative estimate of drug-likeness (QED) is 0.843. The normalized spacial score (nSPS) is 12.6. The summed E-state index contributed by atoms with van der Waals surface area (Å²) in [4.78, 5) is 4.10. The van der Waals surface area contributed by atoms with Crippen molar-refractivity contribution in [3.8, 4) is 0 Å². The minimum absolute atomic E-state index is 0.195. The number of thioether (sulfide) groups is 1. The van der Waals surface area contributed by atoms with Crippen LogP contribution in [0.4, 0.5) is 0 Å².